The molecule has 3 N–H and O–H groups in total. The molecule has 1 aliphatic rings. The Kier molecular flexibility index (Phi) is 2.73. The number of H-pyrrole nitrogens is 1. The summed E-state index contributed by atoms with van der Waals surface area (Å²) in [5.41, 5.74) is -0.396. The highest BCUT2D eigenvalue weighted by molar-refractivity contribution is 5.86. The van der Waals surface area contributed by atoms with Crippen molar-refractivity contribution >= 4 is 5.91 Å². The van der Waals surface area contributed by atoms with Crippen LogP contribution < -0.4 is 10.6 Å². The van der Waals surface area contributed by atoms with Crippen molar-refractivity contribution in [3.05, 3.63) is 18.2 Å². The number of hydrogen-bond donors (Lipinski definition) is 3. The Morgan fingerprint density at radius 2 is 2.60 bits per heavy atom. The summed E-state index contributed by atoms with van der Waals surface area (Å²) in [5.74, 6) is 0.835. The van der Waals surface area contributed by atoms with Crippen molar-refractivity contribution in [1.82, 2.24) is 20.6 Å². The van der Waals surface area contributed by atoms with Crippen molar-refractivity contribution in [3.8, 4) is 0 Å². The van der Waals surface area contributed by atoms with Crippen LogP contribution in [0.2, 0.25) is 0 Å². The largest absolute Gasteiger partial charge is 0.347 e. The molecule has 5 heteroatoms. The van der Waals surface area contributed by atoms with Gasteiger partial charge >= 0.3 is 0 Å². The number of hydrogen-bond acceptors (Lipinski definition) is 3. The smallest absolute Gasteiger partial charge is 0.240 e. The van der Waals surface area contributed by atoms with Crippen LogP contribution in [-0.2, 0) is 11.3 Å². The van der Waals surface area contributed by atoms with Gasteiger partial charge in [0.1, 0.15) is 5.82 Å². The maximum absolute atomic E-state index is 11.8. The van der Waals surface area contributed by atoms with Crippen molar-refractivity contribution in [2.75, 3.05) is 6.54 Å². The SMILES string of the molecule is CC1(C(=O)NCc2ncc[nH]2)CCCN1. The van der Waals surface area contributed by atoms with Crippen LogP contribution in [0.3, 0.4) is 0 Å². The molecule has 1 aromatic rings. The first-order chi connectivity index (χ1) is 7.21. The molecule has 5 nitrogen and oxygen atoms in total. The maximum atomic E-state index is 11.8. The normalized spacial score (nSPS) is 25.4. The quantitative estimate of drug-likeness (QED) is 0.663. The van der Waals surface area contributed by atoms with E-state index in [9.17, 15) is 4.79 Å². The van der Waals surface area contributed by atoms with E-state index in [0.717, 1.165) is 25.2 Å². The number of nitrogens with one attached hydrogen (secondary N) is 3. The molecule has 1 saturated heterocycles. The van der Waals surface area contributed by atoms with E-state index in [1.807, 2.05) is 6.92 Å². The minimum atomic E-state index is -0.396. The van der Waals surface area contributed by atoms with Crippen molar-refractivity contribution in [3.63, 3.8) is 0 Å². The Balaban J connectivity index is 1.87. The van der Waals surface area contributed by atoms with E-state index in [4.69, 9.17) is 0 Å². The Morgan fingerprint density at radius 1 is 1.73 bits per heavy atom. The first kappa shape index (κ1) is 10.2. The monoisotopic (exact) mass is 208 g/mol. The summed E-state index contributed by atoms with van der Waals surface area (Å²) >= 11 is 0. The van der Waals surface area contributed by atoms with Gasteiger partial charge in [0.15, 0.2) is 0 Å². The van der Waals surface area contributed by atoms with Crippen molar-refractivity contribution < 1.29 is 4.79 Å². The molecule has 0 saturated carbocycles. The number of aromatic nitrogens is 2. The molecule has 1 atom stereocenters. The van der Waals surface area contributed by atoms with Crippen LogP contribution in [0, 0.1) is 0 Å². The second-order valence-electron chi connectivity index (χ2n) is 4.08. The Hall–Kier alpha value is -1.36. The summed E-state index contributed by atoms with van der Waals surface area (Å²) in [7, 11) is 0. The van der Waals surface area contributed by atoms with Crippen LogP contribution in [0.15, 0.2) is 12.4 Å². The van der Waals surface area contributed by atoms with Crippen LogP contribution in [-0.4, -0.2) is 28.0 Å². The highest BCUT2D eigenvalue weighted by Gasteiger charge is 2.35. The lowest BCUT2D eigenvalue weighted by atomic mass is 9.99. The molecule has 1 aliphatic heterocycles. The van der Waals surface area contributed by atoms with Gasteiger partial charge in [0, 0.05) is 12.4 Å². The summed E-state index contributed by atoms with van der Waals surface area (Å²) < 4.78 is 0. The average Bonchev–Trinajstić information content (AvgIpc) is 2.85. The van der Waals surface area contributed by atoms with Crippen LogP contribution in [0.5, 0.6) is 0 Å². The highest BCUT2D eigenvalue weighted by Crippen LogP contribution is 2.18. The van der Waals surface area contributed by atoms with Crippen molar-refractivity contribution in [2.24, 2.45) is 0 Å². The molecule has 1 aromatic heterocycles. The van der Waals surface area contributed by atoms with E-state index in [2.05, 4.69) is 20.6 Å². The first-order valence-corrected chi connectivity index (χ1v) is 5.22. The van der Waals surface area contributed by atoms with Gasteiger partial charge in [0.2, 0.25) is 5.91 Å². The third-order valence-electron chi connectivity index (χ3n) is 2.84. The number of nitrogens with zero attached hydrogens (tertiary/aromatic N) is 1. The molecule has 1 fully saturated rings. The fraction of sp³-hybridized carbons (Fsp3) is 0.600. The predicted octanol–water partition coefficient (Wildman–Crippen LogP) is 0.168. The molecule has 0 bridgehead atoms. The molecule has 0 spiro atoms. The summed E-state index contributed by atoms with van der Waals surface area (Å²) in [5, 5.41) is 6.09. The fourth-order valence-corrected chi connectivity index (χ4v) is 1.84. The molecule has 0 radical (unpaired) electrons. The lowest BCUT2D eigenvalue weighted by molar-refractivity contribution is -0.126. The van der Waals surface area contributed by atoms with Crippen molar-refractivity contribution in [2.45, 2.75) is 31.8 Å². The highest BCUT2D eigenvalue weighted by atomic mass is 16.2. The summed E-state index contributed by atoms with van der Waals surface area (Å²) in [6, 6.07) is 0. The zero-order valence-corrected chi connectivity index (χ0v) is 8.84. The summed E-state index contributed by atoms with van der Waals surface area (Å²) in [4.78, 5) is 18.8. The average molecular weight is 208 g/mol. The second-order valence-corrected chi connectivity index (χ2v) is 4.08. The standard InChI is InChI=1S/C10H16N4O/c1-10(3-2-4-14-10)9(15)13-7-8-11-5-6-12-8/h5-6,14H,2-4,7H2,1H3,(H,11,12)(H,13,15). The lowest BCUT2D eigenvalue weighted by Crippen LogP contribution is -2.50. The Labute approximate surface area is 88.7 Å². The lowest BCUT2D eigenvalue weighted by Gasteiger charge is -2.22. The predicted molar refractivity (Wildman–Crippen MR) is 56.1 cm³/mol. The van der Waals surface area contributed by atoms with E-state index in [1.54, 1.807) is 12.4 Å². The molecule has 0 aliphatic carbocycles. The number of imidazole rings is 1. The van der Waals surface area contributed by atoms with E-state index >= 15 is 0 Å². The minimum absolute atomic E-state index is 0.0522. The van der Waals surface area contributed by atoms with Crippen LogP contribution in [0.25, 0.3) is 0 Å². The number of amides is 1. The summed E-state index contributed by atoms with van der Waals surface area (Å²) in [6.07, 6.45) is 5.38. The number of aromatic amines is 1. The van der Waals surface area contributed by atoms with Crippen LogP contribution in [0.1, 0.15) is 25.6 Å². The number of carbonyl (C=O) groups is 1. The molecule has 1 amide bonds. The number of rotatable bonds is 3. The Morgan fingerprint density at radius 3 is 3.20 bits per heavy atom. The fourth-order valence-electron chi connectivity index (χ4n) is 1.84. The molecule has 2 heterocycles. The number of carbonyl (C=O) groups excluding carboxylic acids is 1. The van der Waals surface area contributed by atoms with Crippen LogP contribution >= 0.6 is 0 Å². The van der Waals surface area contributed by atoms with E-state index in [0.29, 0.717) is 6.54 Å². The van der Waals surface area contributed by atoms with Gasteiger partial charge in [-0.2, -0.15) is 0 Å². The zero-order valence-electron chi connectivity index (χ0n) is 8.84. The van der Waals surface area contributed by atoms with Gasteiger partial charge in [-0.1, -0.05) is 0 Å². The zero-order chi connectivity index (χ0) is 10.7. The molecule has 15 heavy (non-hydrogen) atoms. The minimum Gasteiger partial charge on any atom is -0.347 e. The first-order valence-electron chi connectivity index (χ1n) is 5.22. The molecule has 82 valence electrons. The van der Waals surface area contributed by atoms with Gasteiger partial charge in [-0.15, -0.1) is 0 Å². The summed E-state index contributed by atoms with van der Waals surface area (Å²) in [6.45, 7) is 3.32. The molecule has 0 aromatic carbocycles. The topological polar surface area (TPSA) is 69.8 Å². The molecular weight excluding hydrogens is 192 g/mol. The van der Waals surface area contributed by atoms with Gasteiger partial charge in [0.25, 0.3) is 0 Å². The Bertz CT molecular complexity index is 327. The van der Waals surface area contributed by atoms with Gasteiger partial charge in [-0.3, -0.25) is 4.79 Å². The second kappa shape index (κ2) is 4.02. The van der Waals surface area contributed by atoms with E-state index in [1.165, 1.54) is 0 Å². The van der Waals surface area contributed by atoms with E-state index in [-0.39, 0.29) is 5.91 Å². The van der Waals surface area contributed by atoms with Gasteiger partial charge in [0.05, 0.1) is 12.1 Å². The van der Waals surface area contributed by atoms with E-state index < -0.39 is 5.54 Å². The van der Waals surface area contributed by atoms with Gasteiger partial charge < -0.3 is 15.6 Å². The molecule has 2 rings (SSSR count). The van der Waals surface area contributed by atoms with Gasteiger partial charge in [-0.05, 0) is 26.3 Å². The molecule has 1 unspecified atom stereocenters. The van der Waals surface area contributed by atoms with Crippen LogP contribution in [0.4, 0.5) is 0 Å². The van der Waals surface area contributed by atoms with Crippen molar-refractivity contribution in [1.29, 1.82) is 0 Å². The maximum Gasteiger partial charge on any atom is 0.240 e. The van der Waals surface area contributed by atoms with Gasteiger partial charge in [-0.25, -0.2) is 4.98 Å². The third-order valence-corrected chi connectivity index (χ3v) is 2.84. The molecular formula is C10H16N4O. The third kappa shape index (κ3) is 2.18.